The molecule has 0 fully saturated rings. The fraction of sp³-hybridized carbons (Fsp3) is 0.333. The lowest BCUT2D eigenvalue weighted by molar-refractivity contribution is 0.115. The van der Waals surface area contributed by atoms with E-state index in [-0.39, 0.29) is 5.56 Å². The molecule has 1 aromatic rings. The first-order valence-corrected chi connectivity index (χ1v) is 3.63. The van der Waals surface area contributed by atoms with Crippen molar-refractivity contribution in [2.24, 2.45) is 0 Å². The van der Waals surface area contributed by atoms with Gasteiger partial charge >= 0.3 is 0 Å². The van der Waals surface area contributed by atoms with Gasteiger partial charge in [0, 0.05) is 12.7 Å². The molecular formula is C9H10F2O. The summed E-state index contributed by atoms with van der Waals surface area (Å²) in [5.74, 6) is -1.66. The first kappa shape index (κ1) is 9.13. The Morgan fingerprint density at radius 3 is 2.58 bits per heavy atom. The molecule has 0 N–H and O–H groups in total. The minimum atomic E-state index is -0.837. The summed E-state index contributed by atoms with van der Waals surface area (Å²) >= 11 is 0. The van der Waals surface area contributed by atoms with Gasteiger partial charge in [-0.25, -0.2) is 8.78 Å². The minimum absolute atomic E-state index is 0.248. The fourth-order valence-electron chi connectivity index (χ4n) is 0.961. The molecule has 66 valence electrons. The standard InChI is InChI=1S/C9H10F2O/c1-6(12-2)7-4-3-5-8(10)9(7)11/h3-6H,1-2H3. The highest BCUT2D eigenvalue weighted by atomic mass is 19.2. The lowest BCUT2D eigenvalue weighted by Crippen LogP contribution is -2.00. The molecular weight excluding hydrogens is 162 g/mol. The number of hydrogen-bond donors (Lipinski definition) is 0. The van der Waals surface area contributed by atoms with E-state index in [0.29, 0.717) is 0 Å². The average Bonchev–Trinajstić information content (AvgIpc) is 2.08. The molecule has 0 aromatic heterocycles. The Morgan fingerprint density at radius 1 is 1.33 bits per heavy atom. The van der Waals surface area contributed by atoms with E-state index >= 15 is 0 Å². The second-order valence-corrected chi connectivity index (χ2v) is 2.52. The summed E-state index contributed by atoms with van der Waals surface area (Å²) in [5.41, 5.74) is 0.248. The number of methoxy groups -OCH3 is 1. The smallest absolute Gasteiger partial charge is 0.164 e. The molecule has 3 heteroatoms. The van der Waals surface area contributed by atoms with Gasteiger partial charge in [0.15, 0.2) is 11.6 Å². The molecule has 0 amide bonds. The molecule has 0 aliphatic heterocycles. The van der Waals surface area contributed by atoms with Crippen LogP contribution in [0.1, 0.15) is 18.6 Å². The maximum atomic E-state index is 13.0. The van der Waals surface area contributed by atoms with E-state index in [2.05, 4.69) is 0 Å². The van der Waals surface area contributed by atoms with Gasteiger partial charge in [0.05, 0.1) is 6.10 Å². The van der Waals surface area contributed by atoms with Crippen LogP contribution in [0.25, 0.3) is 0 Å². The molecule has 0 aliphatic carbocycles. The van der Waals surface area contributed by atoms with Crippen LogP contribution in [0.15, 0.2) is 18.2 Å². The molecule has 0 spiro atoms. The lowest BCUT2D eigenvalue weighted by Gasteiger charge is -2.10. The molecule has 1 rings (SSSR count). The van der Waals surface area contributed by atoms with Gasteiger partial charge < -0.3 is 4.74 Å². The molecule has 1 unspecified atom stereocenters. The van der Waals surface area contributed by atoms with E-state index in [9.17, 15) is 8.78 Å². The molecule has 0 saturated heterocycles. The lowest BCUT2D eigenvalue weighted by atomic mass is 10.1. The van der Waals surface area contributed by atoms with Gasteiger partial charge in [-0.2, -0.15) is 0 Å². The Morgan fingerprint density at radius 2 is 2.00 bits per heavy atom. The molecule has 0 bridgehead atoms. The van der Waals surface area contributed by atoms with Gasteiger partial charge in [0.1, 0.15) is 0 Å². The third-order valence-corrected chi connectivity index (χ3v) is 1.77. The summed E-state index contributed by atoms with van der Waals surface area (Å²) in [7, 11) is 1.45. The second kappa shape index (κ2) is 3.63. The van der Waals surface area contributed by atoms with Crippen molar-refractivity contribution >= 4 is 0 Å². The molecule has 0 aliphatic rings. The van der Waals surface area contributed by atoms with Crippen molar-refractivity contribution in [1.82, 2.24) is 0 Å². The van der Waals surface area contributed by atoms with Crippen LogP contribution in [0, 0.1) is 11.6 Å². The van der Waals surface area contributed by atoms with Crippen LogP contribution in [-0.4, -0.2) is 7.11 Å². The van der Waals surface area contributed by atoms with Gasteiger partial charge in [-0.1, -0.05) is 12.1 Å². The summed E-state index contributed by atoms with van der Waals surface area (Å²) in [6, 6.07) is 4.05. The topological polar surface area (TPSA) is 9.23 Å². The quantitative estimate of drug-likeness (QED) is 0.666. The van der Waals surface area contributed by atoms with Gasteiger partial charge in [-0.3, -0.25) is 0 Å². The van der Waals surface area contributed by atoms with Gasteiger partial charge in [-0.05, 0) is 13.0 Å². The zero-order chi connectivity index (χ0) is 9.14. The van der Waals surface area contributed by atoms with Crippen molar-refractivity contribution in [2.45, 2.75) is 13.0 Å². The van der Waals surface area contributed by atoms with Gasteiger partial charge in [0.2, 0.25) is 0 Å². The van der Waals surface area contributed by atoms with Crippen LogP contribution < -0.4 is 0 Å². The number of benzene rings is 1. The van der Waals surface area contributed by atoms with Crippen molar-refractivity contribution in [3.05, 3.63) is 35.4 Å². The number of rotatable bonds is 2. The fourth-order valence-corrected chi connectivity index (χ4v) is 0.961. The Bertz CT molecular complexity index is 273. The zero-order valence-corrected chi connectivity index (χ0v) is 6.97. The summed E-state index contributed by atoms with van der Waals surface area (Å²) in [5, 5.41) is 0. The Labute approximate surface area is 70.0 Å². The minimum Gasteiger partial charge on any atom is -0.377 e. The van der Waals surface area contributed by atoms with E-state index in [4.69, 9.17) is 4.74 Å². The number of ether oxygens (including phenoxy) is 1. The maximum Gasteiger partial charge on any atom is 0.164 e. The van der Waals surface area contributed by atoms with Crippen LogP contribution in [-0.2, 0) is 4.74 Å². The largest absolute Gasteiger partial charge is 0.377 e. The first-order chi connectivity index (χ1) is 5.66. The molecule has 0 radical (unpaired) electrons. The maximum absolute atomic E-state index is 13.0. The van der Waals surface area contributed by atoms with Crippen LogP contribution in [0.3, 0.4) is 0 Å². The highest BCUT2D eigenvalue weighted by molar-refractivity contribution is 5.20. The van der Waals surface area contributed by atoms with E-state index in [1.54, 1.807) is 6.92 Å². The van der Waals surface area contributed by atoms with Crippen molar-refractivity contribution in [3.8, 4) is 0 Å². The molecule has 1 atom stereocenters. The third kappa shape index (κ3) is 1.61. The molecule has 0 saturated carbocycles. The van der Waals surface area contributed by atoms with Crippen molar-refractivity contribution in [3.63, 3.8) is 0 Å². The Kier molecular flexibility index (Phi) is 2.76. The predicted molar refractivity (Wildman–Crippen MR) is 41.8 cm³/mol. The summed E-state index contributed by atoms with van der Waals surface area (Å²) in [4.78, 5) is 0. The summed E-state index contributed by atoms with van der Waals surface area (Å²) < 4.78 is 30.5. The van der Waals surface area contributed by atoms with Gasteiger partial charge in [0.25, 0.3) is 0 Å². The van der Waals surface area contributed by atoms with Crippen LogP contribution in [0.2, 0.25) is 0 Å². The summed E-state index contributed by atoms with van der Waals surface area (Å²) in [6.07, 6.45) is -0.416. The normalized spacial score (nSPS) is 13.0. The Hall–Kier alpha value is -0.960. The monoisotopic (exact) mass is 172 g/mol. The predicted octanol–water partition coefficient (Wildman–Crippen LogP) is 2.67. The van der Waals surface area contributed by atoms with E-state index in [0.717, 1.165) is 6.07 Å². The highest BCUT2D eigenvalue weighted by Gasteiger charge is 2.12. The third-order valence-electron chi connectivity index (χ3n) is 1.77. The van der Waals surface area contributed by atoms with Crippen molar-refractivity contribution in [2.75, 3.05) is 7.11 Å². The van der Waals surface area contributed by atoms with Crippen LogP contribution >= 0.6 is 0 Å². The summed E-state index contributed by atoms with van der Waals surface area (Å²) in [6.45, 7) is 1.66. The Balaban J connectivity index is 3.07. The number of hydrogen-bond acceptors (Lipinski definition) is 1. The molecule has 1 nitrogen and oxygen atoms in total. The average molecular weight is 172 g/mol. The zero-order valence-electron chi connectivity index (χ0n) is 6.97. The van der Waals surface area contributed by atoms with Crippen LogP contribution in [0.5, 0.6) is 0 Å². The molecule has 0 heterocycles. The van der Waals surface area contributed by atoms with E-state index < -0.39 is 17.7 Å². The van der Waals surface area contributed by atoms with Crippen LogP contribution in [0.4, 0.5) is 8.78 Å². The van der Waals surface area contributed by atoms with E-state index in [1.807, 2.05) is 0 Å². The highest BCUT2D eigenvalue weighted by Crippen LogP contribution is 2.20. The SMILES string of the molecule is COC(C)c1cccc(F)c1F. The van der Waals surface area contributed by atoms with Gasteiger partial charge in [-0.15, -0.1) is 0 Å². The van der Waals surface area contributed by atoms with Crippen molar-refractivity contribution in [1.29, 1.82) is 0 Å². The first-order valence-electron chi connectivity index (χ1n) is 3.63. The van der Waals surface area contributed by atoms with Crippen molar-refractivity contribution < 1.29 is 13.5 Å². The van der Waals surface area contributed by atoms with E-state index in [1.165, 1.54) is 19.2 Å². The molecule has 12 heavy (non-hydrogen) atoms. The molecule has 1 aromatic carbocycles. The second-order valence-electron chi connectivity index (χ2n) is 2.52. The number of halogens is 2.